The fourth-order valence-electron chi connectivity index (χ4n) is 1.48. The molecular formula is C9H15BrCl3N3. The summed E-state index contributed by atoms with van der Waals surface area (Å²) in [4.78, 5) is 6.60. The second-order valence-electron chi connectivity index (χ2n) is 3.33. The van der Waals surface area contributed by atoms with Crippen LogP contribution in [0.5, 0.6) is 0 Å². The molecule has 2 rings (SSSR count). The zero-order chi connectivity index (χ0) is 9.26. The van der Waals surface area contributed by atoms with Crippen molar-refractivity contribution in [1.29, 1.82) is 0 Å². The van der Waals surface area contributed by atoms with Crippen molar-refractivity contribution in [2.24, 2.45) is 11.7 Å². The van der Waals surface area contributed by atoms with Crippen molar-refractivity contribution < 1.29 is 0 Å². The van der Waals surface area contributed by atoms with Crippen LogP contribution in [-0.2, 0) is 0 Å². The van der Waals surface area contributed by atoms with Crippen LogP contribution in [0.15, 0.2) is 22.8 Å². The molecule has 16 heavy (non-hydrogen) atoms. The summed E-state index contributed by atoms with van der Waals surface area (Å²) in [6, 6.07) is 5.96. The summed E-state index contributed by atoms with van der Waals surface area (Å²) >= 11 is 3.35. The van der Waals surface area contributed by atoms with E-state index < -0.39 is 0 Å². The van der Waals surface area contributed by atoms with E-state index in [9.17, 15) is 0 Å². The normalized spacial score (nSPS) is 14.0. The number of halogens is 4. The minimum absolute atomic E-state index is 0. The van der Waals surface area contributed by atoms with Crippen LogP contribution < -0.4 is 10.6 Å². The third-order valence-corrected chi connectivity index (χ3v) is 2.76. The van der Waals surface area contributed by atoms with Crippen LogP contribution in [-0.4, -0.2) is 24.6 Å². The Balaban J connectivity index is 0. The van der Waals surface area contributed by atoms with Crippen LogP contribution in [0.4, 0.5) is 5.82 Å². The van der Waals surface area contributed by atoms with Gasteiger partial charge < -0.3 is 10.6 Å². The second kappa shape index (κ2) is 8.37. The van der Waals surface area contributed by atoms with Gasteiger partial charge in [0.2, 0.25) is 0 Å². The summed E-state index contributed by atoms with van der Waals surface area (Å²) in [6.45, 7) is 2.87. The second-order valence-corrected chi connectivity index (χ2v) is 4.14. The van der Waals surface area contributed by atoms with Gasteiger partial charge in [-0.25, -0.2) is 4.98 Å². The lowest BCUT2D eigenvalue weighted by molar-refractivity contribution is 0.417. The SMILES string of the molecule is Cl.Cl.Cl.NCC1CN(c2cccc(Br)n2)C1. The van der Waals surface area contributed by atoms with Gasteiger partial charge in [-0.1, -0.05) is 6.07 Å². The van der Waals surface area contributed by atoms with E-state index in [1.54, 1.807) is 0 Å². The largest absolute Gasteiger partial charge is 0.356 e. The van der Waals surface area contributed by atoms with Gasteiger partial charge in [0.05, 0.1) is 0 Å². The number of nitrogens with two attached hydrogens (primary N) is 1. The van der Waals surface area contributed by atoms with Gasteiger partial charge in [-0.15, -0.1) is 37.2 Å². The molecule has 7 heteroatoms. The minimum Gasteiger partial charge on any atom is -0.356 e. The van der Waals surface area contributed by atoms with E-state index in [1.165, 1.54) is 0 Å². The van der Waals surface area contributed by atoms with E-state index in [-0.39, 0.29) is 37.2 Å². The first kappa shape index (κ1) is 18.6. The molecule has 1 fully saturated rings. The van der Waals surface area contributed by atoms with Gasteiger partial charge in [0.25, 0.3) is 0 Å². The van der Waals surface area contributed by atoms with Gasteiger partial charge in [-0.05, 0) is 34.6 Å². The summed E-state index contributed by atoms with van der Waals surface area (Å²) < 4.78 is 0.890. The van der Waals surface area contributed by atoms with Gasteiger partial charge >= 0.3 is 0 Å². The Hall–Kier alpha value is 0.260. The van der Waals surface area contributed by atoms with Crippen molar-refractivity contribution in [3.05, 3.63) is 22.8 Å². The first-order valence-electron chi connectivity index (χ1n) is 4.37. The highest BCUT2D eigenvalue weighted by molar-refractivity contribution is 9.10. The van der Waals surface area contributed by atoms with Crippen LogP contribution in [0, 0.1) is 5.92 Å². The summed E-state index contributed by atoms with van der Waals surface area (Å²) in [5.74, 6) is 1.69. The van der Waals surface area contributed by atoms with Crippen LogP contribution in [0.3, 0.4) is 0 Å². The molecule has 0 aromatic carbocycles. The van der Waals surface area contributed by atoms with Crippen LogP contribution in [0.25, 0.3) is 0 Å². The molecule has 1 aromatic heterocycles. The molecule has 0 saturated carbocycles. The standard InChI is InChI=1S/C9H12BrN3.3ClH/c10-8-2-1-3-9(12-8)13-5-7(4-11)6-13;;;/h1-3,7H,4-6,11H2;3*1H. The highest BCUT2D eigenvalue weighted by atomic mass is 79.9. The van der Waals surface area contributed by atoms with E-state index in [0.717, 1.165) is 30.1 Å². The number of hydrogen-bond donors (Lipinski definition) is 1. The molecule has 1 aliphatic heterocycles. The zero-order valence-corrected chi connectivity index (χ0v) is 12.5. The number of hydrogen-bond acceptors (Lipinski definition) is 3. The quantitative estimate of drug-likeness (QED) is 0.833. The Morgan fingerprint density at radius 2 is 1.94 bits per heavy atom. The van der Waals surface area contributed by atoms with E-state index in [2.05, 4.69) is 25.8 Å². The predicted molar refractivity (Wildman–Crippen MR) is 78.4 cm³/mol. The van der Waals surface area contributed by atoms with Crippen LogP contribution in [0.1, 0.15) is 0 Å². The molecule has 1 saturated heterocycles. The highest BCUT2D eigenvalue weighted by Crippen LogP contribution is 2.22. The molecule has 0 bridgehead atoms. The molecular weight excluding hydrogens is 336 g/mol. The monoisotopic (exact) mass is 349 g/mol. The fourth-order valence-corrected chi connectivity index (χ4v) is 1.81. The summed E-state index contributed by atoms with van der Waals surface area (Å²) in [6.07, 6.45) is 0. The molecule has 0 unspecified atom stereocenters. The fraction of sp³-hybridized carbons (Fsp3) is 0.444. The maximum atomic E-state index is 5.55. The molecule has 2 heterocycles. The summed E-state index contributed by atoms with van der Waals surface area (Å²) in [7, 11) is 0. The van der Waals surface area contributed by atoms with Crippen molar-refractivity contribution in [2.75, 3.05) is 24.5 Å². The van der Waals surface area contributed by atoms with Crippen LogP contribution >= 0.6 is 53.2 Å². The van der Waals surface area contributed by atoms with Crippen LogP contribution in [0.2, 0.25) is 0 Å². The Morgan fingerprint density at radius 1 is 1.31 bits per heavy atom. The third kappa shape index (κ3) is 4.26. The Kier molecular flexibility index (Phi) is 9.74. The Morgan fingerprint density at radius 3 is 2.44 bits per heavy atom. The number of nitrogens with zero attached hydrogens (tertiary/aromatic N) is 2. The molecule has 0 radical (unpaired) electrons. The molecule has 1 aliphatic rings. The minimum atomic E-state index is 0. The average molecular weight is 352 g/mol. The molecule has 94 valence electrons. The van der Waals surface area contributed by atoms with Gasteiger partial charge in [0.15, 0.2) is 0 Å². The van der Waals surface area contributed by atoms with Crippen molar-refractivity contribution in [1.82, 2.24) is 4.98 Å². The first-order valence-corrected chi connectivity index (χ1v) is 5.16. The average Bonchev–Trinajstić information content (AvgIpc) is 2.02. The van der Waals surface area contributed by atoms with E-state index in [1.807, 2.05) is 18.2 Å². The maximum absolute atomic E-state index is 5.55. The molecule has 1 aromatic rings. The smallest absolute Gasteiger partial charge is 0.129 e. The van der Waals surface area contributed by atoms with Gasteiger partial charge in [0.1, 0.15) is 10.4 Å². The summed E-state index contributed by atoms with van der Waals surface area (Å²) in [5.41, 5.74) is 5.55. The number of pyridine rings is 1. The summed E-state index contributed by atoms with van der Waals surface area (Å²) in [5, 5.41) is 0. The van der Waals surface area contributed by atoms with Crippen molar-refractivity contribution in [3.8, 4) is 0 Å². The third-order valence-electron chi connectivity index (χ3n) is 2.31. The predicted octanol–water partition coefficient (Wildman–Crippen LogP) is 2.50. The van der Waals surface area contributed by atoms with Crippen molar-refractivity contribution in [3.63, 3.8) is 0 Å². The molecule has 0 atom stereocenters. The Labute approximate surface area is 123 Å². The zero-order valence-electron chi connectivity index (χ0n) is 8.51. The van der Waals surface area contributed by atoms with E-state index in [0.29, 0.717) is 5.92 Å². The van der Waals surface area contributed by atoms with E-state index in [4.69, 9.17) is 5.73 Å². The number of rotatable bonds is 2. The molecule has 2 N–H and O–H groups in total. The van der Waals surface area contributed by atoms with Gasteiger partial charge in [-0.2, -0.15) is 0 Å². The van der Waals surface area contributed by atoms with Crippen molar-refractivity contribution >= 4 is 59.0 Å². The lowest BCUT2D eigenvalue weighted by atomic mass is 10.0. The molecule has 0 spiro atoms. The van der Waals surface area contributed by atoms with Gasteiger partial charge in [-0.3, -0.25) is 0 Å². The molecule has 0 amide bonds. The topological polar surface area (TPSA) is 42.1 Å². The van der Waals surface area contributed by atoms with Crippen molar-refractivity contribution in [2.45, 2.75) is 0 Å². The van der Waals surface area contributed by atoms with E-state index >= 15 is 0 Å². The Bertz CT molecular complexity index is 308. The molecule has 3 nitrogen and oxygen atoms in total. The number of anilines is 1. The number of aromatic nitrogens is 1. The van der Waals surface area contributed by atoms with Gasteiger partial charge in [0, 0.05) is 19.0 Å². The highest BCUT2D eigenvalue weighted by Gasteiger charge is 2.26. The first-order chi connectivity index (χ1) is 6.29. The lowest BCUT2D eigenvalue weighted by Crippen LogP contribution is -2.50. The molecule has 0 aliphatic carbocycles. The lowest BCUT2D eigenvalue weighted by Gasteiger charge is -2.39. The maximum Gasteiger partial charge on any atom is 0.129 e.